The lowest BCUT2D eigenvalue weighted by molar-refractivity contribution is 0.301. The van der Waals surface area contributed by atoms with Crippen molar-refractivity contribution in [2.75, 3.05) is 12.3 Å². The van der Waals surface area contributed by atoms with Gasteiger partial charge in [0.15, 0.2) is 0 Å². The zero-order chi connectivity index (χ0) is 13.4. The first-order valence-electron chi connectivity index (χ1n) is 6.37. The van der Waals surface area contributed by atoms with E-state index in [1.807, 2.05) is 19.1 Å². The molecule has 3 N–H and O–H groups in total. The molecule has 100 valence electrons. The lowest BCUT2D eigenvalue weighted by Gasteiger charge is -2.13. The summed E-state index contributed by atoms with van der Waals surface area (Å²) in [4.78, 5) is 0. The number of nitrogen functional groups attached to an aromatic ring is 1. The molecule has 0 bridgehead atoms. The molecular formula is C14H16ClN3O. The summed E-state index contributed by atoms with van der Waals surface area (Å²) in [5, 5.41) is 7.32. The molecule has 5 heteroatoms. The number of hydrogen-bond donors (Lipinski definition) is 2. The SMILES string of the molecule is Cc1cc(Cl)c(OCC2CC2)c(-c2cn[nH]c2N)c1. The van der Waals surface area contributed by atoms with E-state index in [9.17, 15) is 0 Å². The normalized spacial score (nSPS) is 14.6. The van der Waals surface area contributed by atoms with Gasteiger partial charge in [0.1, 0.15) is 11.6 Å². The summed E-state index contributed by atoms with van der Waals surface area (Å²) in [5.41, 5.74) is 8.69. The molecule has 0 amide bonds. The summed E-state index contributed by atoms with van der Waals surface area (Å²) in [6.45, 7) is 2.71. The lowest BCUT2D eigenvalue weighted by atomic mass is 10.0. The fourth-order valence-corrected chi connectivity index (χ4v) is 2.40. The summed E-state index contributed by atoms with van der Waals surface area (Å²) in [6.07, 6.45) is 4.18. The van der Waals surface area contributed by atoms with Gasteiger partial charge in [-0.25, -0.2) is 0 Å². The molecule has 0 atom stereocenters. The van der Waals surface area contributed by atoms with Gasteiger partial charge in [0.2, 0.25) is 0 Å². The Morgan fingerprint density at radius 2 is 2.21 bits per heavy atom. The minimum absolute atomic E-state index is 0.526. The number of benzene rings is 1. The second-order valence-corrected chi connectivity index (χ2v) is 5.48. The van der Waals surface area contributed by atoms with E-state index < -0.39 is 0 Å². The molecule has 0 spiro atoms. The van der Waals surface area contributed by atoms with Crippen LogP contribution in [-0.4, -0.2) is 16.8 Å². The molecule has 1 fully saturated rings. The van der Waals surface area contributed by atoms with E-state index >= 15 is 0 Å². The van der Waals surface area contributed by atoms with Crippen LogP contribution in [0.3, 0.4) is 0 Å². The Bertz CT molecular complexity index is 605. The number of anilines is 1. The maximum atomic E-state index is 6.31. The van der Waals surface area contributed by atoms with Crippen molar-refractivity contribution in [3.05, 3.63) is 28.9 Å². The summed E-state index contributed by atoms with van der Waals surface area (Å²) in [6, 6.07) is 3.93. The molecule has 1 saturated carbocycles. The summed E-state index contributed by atoms with van der Waals surface area (Å²) < 4.78 is 5.90. The van der Waals surface area contributed by atoms with Crippen LogP contribution >= 0.6 is 11.6 Å². The summed E-state index contributed by atoms with van der Waals surface area (Å²) in [5.74, 6) is 1.90. The van der Waals surface area contributed by atoms with Gasteiger partial charge in [0, 0.05) is 11.1 Å². The molecule has 0 unspecified atom stereocenters. The molecule has 0 aliphatic heterocycles. The molecular weight excluding hydrogens is 262 g/mol. The molecule has 19 heavy (non-hydrogen) atoms. The van der Waals surface area contributed by atoms with Crippen molar-refractivity contribution in [2.24, 2.45) is 5.92 Å². The minimum Gasteiger partial charge on any atom is -0.491 e. The highest BCUT2D eigenvalue weighted by molar-refractivity contribution is 6.32. The number of H-pyrrole nitrogens is 1. The van der Waals surface area contributed by atoms with Gasteiger partial charge in [0.05, 0.1) is 17.8 Å². The van der Waals surface area contributed by atoms with E-state index in [-0.39, 0.29) is 0 Å². The molecule has 1 aliphatic carbocycles. The highest BCUT2D eigenvalue weighted by Gasteiger charge is 2.24. The number of nitrogens with two attached hydrogens (primary N) is 1. The third kappa shape index (κ3) is 2.54. The van der Waals surface area contributed by atoms with Crippen LogP contribution in [0.2, 0.25) is 5.02 Å². The number of rotatable bonds is 4. The first-order valence-corrected chi connectivity index (χ1v) is 6.75. The van der Waals surface area contributed by atoms with Crippen LogP contribution in [0, 0.1) is 12.8 Å². The number of aromatic amines is 1. The minimum atomic E-state index is 0.526. The van der Waals surface area contributed by atoms with Crippen molar-refractivity contribution in [3.63, 3.8) is 0 Å². The van der Waals surface area contributed by atoms with Crippen molar-refractivity contribution < 1.29 is 4.74 Å². The number of aryl methyl sites for hydroxylation is 1. The zero-order valence-corrected chi connectivity index (χ0v) is 11.5. The Morgan fingerprint density at radius 3 is 2.84 bits per heavy atom. The Balaban J connectivity index is 2.02. The Kier molecular flexibility index (Phi) is 3.11. The van der Waals surface area contributed by atoms with Gasteiger partial charge in [-0.1, -0.05) is 11.6 Å². The second-order valence-electron chi connectivity index (χ2n) is 5.08. The molecule has 1 aromatic carbocycles. The van der Waals surface area contributed by atoms with Gasteiger partial charge in [-0.15, -0.1) is 0 Å². The van der Waals surface area contributed by atoms with Crippen LogP contribution in [0.5, 0.6) is 5.75 Å². The van der Waals surface area contributed by atoms with E-state index in [2.05, 4.69) is 10.2 Å². The van der Waals surface area contributed by atoms with Gasteiger partial charge in [-0.2, -0.15) is 5.10 Å². The van der Waals surface area contributed by atoms with Crippen molar-refractivity contribution in [1.82, 2.24) is 10.2 Å². The lowest BCUT2D eigenvalue weighted by Crippen LogP contribution is -2.02. The molecule has 0 radical (unpaired) electrons. The Hall–Kier alpha value is -1.68. The summed E-state index contributed by atoms with van der Waals surface area (Å²) in [7, 11) is 0. The van der Waals surface area contributed by atoms with Gasteiger partial charge < -0.3 is 10.5 Å². The van der Waals surface area contributed by atoms with E-state index in [1.54, 1.807) is 6.20 Å². The van der Waals surface area contributed by atoms with E-state index in [4.69, 9.17) is 22.1 Å². The van der Waals surface area contributed by atoms with E-state index in [0.29, 0.717) is 29.1 Å². The van der Waals surface area contributed by atoms with Crippen molar-refractivity contribution >= 4 is 17.4 Å². The van der Waals surface area contributed by atoms with Gasteiger partial charge in [0.25, 0.3) is 0 Å². The van der Waals surface area contributed by atoms with Crippen LogP contribution in [0.25, 0.3) is 11.1 Å². The monoisotopic (exact) mass is 277 g/mol. The molecule has 4 nitrogen and oxygen atoms in total. The smallest absolute Gasteiger partial charge is 0.145 e. The number of nitrogens with one attached hydrogen (secondary N) is 1. The third-order valence-corrected chi connectivity index (χ3v) is 3.59. The van der Waals surface area contributed by atoms with Crippen LogP contribution in [0.1, 0.15) is 18.4 Å². The predicted octanol–water partition coefficient (Wildman–Crippen LogP) is 3.41. The summed E-state index contributed by atoms with van der Waals surface area (Å²) >= 11 is 6.31. The Labute approximate surface area is 116 Å². The first-order chi connectivity index (χ1) is 9.15. The second kappa shape index (κ2) is 4.78. The fourth-order valence-electron chi connectivity index (χ4n) is 2.07. The Morgan fingerprint density at radius 1 is 1.42 bits per heavy atom. The van der Waals surface area contributed by atoms with Crippen LogP contribution in [0.15, 0.2) is 18.3 Å². The number of ether oxygens (including phenoxy) is 1. The molecule has 3 rings (SSSR count). The highest BCUT2D eigenvalue weighted by Crippen LogP contribution is 2.40. The van der Waals surface area contributed by atoms with E-state index in [0.717, 1.165) is 16.7 Å². The number of hydrogen-bond acceptors (Lipinski definition) is 3. The van der Waals surface area contributed by atoms with Crippen LogP contribution in [-0.2, 0) is 0 Å². The topological polar surface area (TPSA) is 63.9 Å². The quantitative estimate of drug-likeness (QED) is 0.900. The largest absolute Gasteiger partial charge is 0.491 e. The number of aromatic nitrogens is 2. The van der Waals surface area contributed by atoms with Crippen molar-refractivity contribution in [2.45, 2.75) is 19.8 Å². The number of halogens is 1. The highest BCUT2D eigenvalue weighted by atomic mass is 35.5. The molecule has 0 saturated heterocycles. The zero-order valence-electron chi connectivity index (χ0n) is 10.7. The van der Waals surface area contributed by atoms with Gasteiger partial charge in [-0.3, -0.25) is 5.10 Å². The van der Waals surface area contributed by atoms with Crippen molar-refractivity contribution in [3.8, 4) is 16.9 Å². The predicted molar refractivity (Wildman–Crippen MR) is 76.4 cm³/mol. The standard InChI is InChI=1S/C14H16ClN3O/c1-8-4-10(11-6-17-18-14(11)16)13(12(15)5-8)19-7-9-2-3-9/h4-6,9H,2-3,7H2,1H3,(H3,16,17,18). The van der Waals surface area contributed by atoms with Crippen molar-refractivity contribution in [1.29, 1.82) is 0 Å². The van der Waals surface area contributed by atoms with Crippen LogP contribution in [0.4, 0.5) is 5.82 Å². The molecule has 1 aliphatic rings. The fraction of sp³-hybridized carbons (Fsp3) is 0.357. The van der Waals surface area contributed by atoms with Crippen LogP contribution < -0.4 is 10.5 Å². The number of nitrogens with zero attached hydrogens (tertiary/aromatic N) is 1. The van der Waals surface area contributed by atoms with Gasteiger partial charge >= 0.3 is 0 Å². The van der Waals surface area contributed by atoms with E-state index in [1.165, 1.54) is 12.8 Å². The maximum absolute atomic E-state index is 6.31. The molecule has 1 heterocycles. The van der Waals surface area contributed by atoms with Gasteiger partial charge in [-0.05, 0) is 43.4 Å². The maximum Gasteiger partial charge on any atom is 0.145 e. The molecule has 2 aromatic rings. The molecule has 1 aromatic heterocycles. The average molecular weight is 278 g/mol. The average Bonchev–Trinajstić information content (AvgIpc) is 3.08. The third-order valence-electron chi connectivity index (χ3n) is 3.31. The first kappa shape index (κ1) is 12.4.